The summed E-state index contributed by atoms with van der Waals surface area (Å²) in [5.74, 6) is -0.370. The molecule has 1 amide bonds. The van der Waals surface area contributed by atoms with Crippen LogP contribution in [0.3, 0.4) is 0 Å². The van der Waals surface area contributed by atoms with Crippen LogP contribution in [0.1, 0.15) is 30.4 Å². The van der Waals surface area contributed by atoms with E-state index >= 15 is 0 Å². The Morgan fingerprint density at radius 2 is 2.09 bits per heavy atom. The van der Waals surface area contributed by atoms with Crippen LogP contribution in [-0.2, 0) is 11.2 Å². The summed E-state index contributed by atoms with van der Waals surface area (Å²) in [7, 11) is 0. The first-order valence-electron chi connectivity index (χ1n) is 10.4. The third-order valence-electron chi connectivity index (χ3n) is 5.84. The van der Waals surface area contributed by atoms with Gasteiger partial charge in [-0.2, -0.15) is 18.3 Å². The Morgan fingerprint density at radius 3 is 2.78 bits per heavy atom. The smallest absolute Gasteiger partial charge is 0.354 e. The summed E-state index contributed by atoms with van der Waals surface area (Å²) in [5, 5.41) is 10.6. The van der Waals surface area contributed by atoms with Crippen LogP contribution in [0.25, 0.3) is 16.5 Å². The van der Waals surface area contributed by atoms with Gasteiger partial charge in [-0.25, -0.2) is 0 Å². The summed E-state index contributed by atoms with van der Waals surface area (Å²) < 4.78 is 41.1. The van der Waals surface area contributed by atoms with E-state index in [0.717, 1.165) is 16.5 Å². The SMILES string of the molecule is N[C@H](CNC(=O)C/C=C(\c1cccnc1)C1(C(F)(F)F)CC1)Cc1ccc2[nH]ncc2c1. The number of aromatic nitrogens is 3. The molecule has 1 aliphatic rings. The van der Waals surface area contributed by atoms with Crippen LogP contribution in [0, 0.1) is 5.41 Å². The summed E-state index contributed by atoms with van der Waals surface area (Å²) in [4.78, 5) is 16.3. The van der Waals surface area contributed by atoms with E-state index in [9.17, 15) is 18.0 Å². The average molecular weight is 443 g/mol. The summed E-state index contributed by atoms with van der Waals surface area (Å²) in [6.45, 7) is 0.225. The van der Waals surface area contributed by atoms with E-state index in [-0.39, 0.29) is 43.3 Å². The van der Waals surface area contributed by atoms with Crippen molar-refractivity contribution < 1.29 is 18.0 Å². The summed E-state index contributed by atoms with van der Waals surface area (Å²) in [6, 6.07) is 8.70. The van der Waals surface area contributed by atoms with Crippen molar-refractivity contribution >= 4 is 22.4 Å². The number of hydrogen-bond acceptors (Lipinski definition) is 4. The molecule has 32 heavy (non-hydrogen) atoms. The normalized spacial score (nSPS) is 16.7. The molecule has 0 saturated heterocycles. The van der Waals surface area contributed by atoms with Crippen LogP contribution in [0.2, 0.25) is 0 Å². The highest BCUT2D eigenvalue weighted by atomic mass is 19.4. The Balaban J connectivity index is 1.37. The van der Waals surface area contributed by atoms with Crippen molar-refractivity contribution in [2.45, 2.75) is 37.9 Å². The van der Waals surface area contributed by atoms with Crippen molar-refractivity contribution in [3.05, 3.63) is 66.1 Å². The van der Waals surface area contributed by atoms with Gasteiger partial charge in [0.05, 0.1) is 17.1 Å². The first-order valence-corrected chi connectivity index (χ1v) is 10.4. The molecule has 1 aromatic carbocycles. The van der Waals surface area contributed by atoms with Crippen LogP contribution in [0.15, 0.2) is 55.0 Å². The molecule has 1 fully saturated rings. The number of aromatic amines is 1. The zero-order chi connectivity index (χ0) is 22.8. The number of nitrogens with one attached hydrogen (secondary N) is 2. The van der Waals surface area contributed by atoms with Gasteiger partial charge in [-0.1, -0.05) is 18.2 Å². The molecule has 4 N–H and O–H groups in total. The lowest BCUT2D eigenvalue weighted by molar-refractivity contribution is -0.168. The summed E-state index contributed by atoms with van der Waals surface area (Å²) >= 11 is 0. The van der Waals surface area contributed by atoms with Crippen LogP contribution in [-0.4, -0.2) is 39.9 Å². The van der Waals surface area contributed by atoms with Crippen molar-refractivity contribution in [1.82, 2.24) is 20.5 Å². The van der Waals surface area contributed by atoms with Gasteiger partial charge >= 0.3 is 6.18 Å². The van der Waals surface area contributed by atoms with Gasteiger partial charge in [-0.15, -0.1) is 0 Å². The van der Waals surface area contributed by atoms with Crippen LogP contribution in [0.4, 0.5) is 13.2 Å². The Hall–Kier alpha value is -3.20. The average Bonchev–Trinajstić information content (AvgIpc) is 3.45. The lowest BCUT2D eigenvalue weighted by Gasteiger charge is -2.23. The minimum atomic E-state index is -4.37. The number of carbonyl (C=O) groups excluding carboxylic acids is 1. The molecule has 0 spiro atoms. The zero-order valence-electron chi connectivity index (χ0n) is 17.3. The fourth-order valence-corrected chi connectivity index (χ4v) is 3.95. The molecule has 4 rings (SSSR count). The molecular formula is C23H24F3N5O. The van der Waals surface area contributed by atoms with Gasteiger partial charge in [0.1, 0.15) is 0 Å². The molecule has 9 heteroatoms. The number of pyridine rings is 1. The highest BCUT2D eigenvalue weighted by molar-refractivity contribution is 5.82. The number of H-pyrrole nitrogens is 1. The maximum absolute atomic E-state index is 13.7. The monoisotopic (exact) mass is 443 g/mol. The highest BCUT2D eigenvalue weighted by Crippen LogP contribution is 2.64. The predicted octanol–water partition coefficient (Wildman–Crippen LogP) is 3.76. The number of fused-ring (bicyclic) bond motifs is 1. The number of rotatable bonds is 8. The molecule has 0 radical (unpaired) electrons. The molecule has 168 valence electrons. The van der Waals surface area contributed by atoms with E-state index in [0.29, 0.717) is 12.0 Å². The predicted molar refractivity (Wildman–Crippen MR) is 115 cm³/mol. The second kappa shape index (κ2) is 8.74. The third kappa shape index (κ3) is 4.67. The number of nitrogens with two attached hydrogens (primary N) is 1. The largest absolute Gasteiger partial charge is 0.398 e. The summed E-state index contributed by atoms with van der Waals surface area (Å²) in [6.07, 6.45) is 2.08. The first kappa shape index (κ1) is 22.0. The second-order valence-corrected chi connectivity index (χ2v) is 8.20. The molecule has 1 aliphatic carbocycles. The Kier molecular flexibility index (Phi) is 6.01. The molecule has 1 saturated carbocycles. The third-order valence-corrected chi connectivity index (χ3v) is 5.84. The molecule has 0 bridgehead atoms. The van der Waals surface area contributed by atoms with Crippen LogP contribution < -0.4 is 11.1 Å². The standard InChI is InChI=1S/C23H24F3N5O/c24-23(25,26)22(7-8-22)19(16-2-1-9-28-12-16)4-6-21(32)29-14-18(27)11-15-3-5-20-17(10-15)13-30-31-20/h1-5,9-10,12-13,18H,6-8,11,14,27H2,(H,29,32)(H,30,31)/b19-4+/t18-/m0/s1. The number of allylic oxidation sites excluding steroid dienone is 1. The van der Waals surface area contributed by atoms with Crippen LogP contribution in [0.5, 0.6) is 0 Å². The molecule has 0 unspecified atom stereocenters. The van der Waals surface area contributed by atoms with E-state index in [4.69, 9.17) is 5.73 Å². The van der Waals surface area contributed by atoms with Gasteiger partial charge in [-0.05, 0) is 54.2 Å². The maximum atomic E-state index is 13.7. The number of carbonyl (C=O) groups is 1. The van der Waals surface area contributed by atoms with Gasteiger partial charge in [-0.3, -0.25) is 14.9 Å². The Labute approximate surface area is 183 Å². The number of halogens is 3. The van der Waals surface area contributed by atoms with Crippen molar-refractivity contribution in [3.8, 4) is 0 Å². The van der Waals surface area contributed by atoms with Gasteiger partial charge in [0.2, 0.25) is 5.91 Å². The van der Waals surface area contributed by atoms with Gasteiger partial charge < -0.3 is 11.1 Å². The van der Waals surface area contributed by atoms with Crippen molar-refractivity contribution in [1.29, 1.82) is 0 Å². The molecule has 2 heterocycles. The number of alkyl halides is 3. The topological polar surface area (TPSA) is 96.7 Å². The van der Waals surface area contributed by atoms with Gasteiger partial charge in [0, 0.05) is 36.8 Å². The van der Waals surface area contributed by atoms with E-state index in [1.807, 2.05) is 18.2 Å². The second-order valence-electron chi connectivity index (χ2n) is 8.20. The minimum absolute atomic E-state index is 0.0186. The van der Waals surface area contributed by atoms with Crippen LogP contribution >= 0.6 is 0 Å². The van der Waals surface area contributed by atoms with Crippen molar-refractivity contribution in [3.63, 3.8) is 0 Å². The quantitative estimate of drug-likeness (QED) is 0.494. The fourth-order valence-electron chi connectivity index (χ4n) is 3.95. The maximum Gasteiger partial charge on any atom is 0.398 e. The fraction of sp³-hybridized carbons (Fsp3) is 0.348. The number of hydrogen-bond donors (Lipinski definition) is 3. The first-order chi connectivity index (χ1) is 15.3. The number of nitrogens with zero attached hydrogens (tertiary/aromatic N) is 2. The molecule has 0 aliphatic heterocycles. The zero-order valence-corrected chi connectivity index (χ0v) is 17.3. The molecule has 2 aromatic heterocycles. The Morgan fingerprint density at radius 1 is 1.28 bits per heavy atom. The van der Waals surface area contributed by atoms with Crippen molar-refractivity contribution in [2.75, 3.05) is 6.54 Å². The molecule has 6 nitrogen and oxygen atoms in total. The molecule has 1 atom stereocenters. The Bertz CT molecular complexity index is 1120. The lowest BCUT2D eigenvalue weighted by Crippen LogP contribution is -2.38. The number of amides is 1. The molecular weight excluding hydrogens is 419 g/mol. The van der Waals surface area contributed by atoms with Gasteiger partial charge in [0.15, 0.2) is 0 Å². The van der Waals surface area contributed by atoms with E-state index in [2.05, 4.69) is 20.5 Å². The van der Waals surface area contributed by atoms with Crippen molar-refractivity contribution in [2.24, 2.45) is 11.1 Å². The lowest BCUT2D eigenvalue weighted by atomic mass is 9.88. The summed E-state index contributed by atoms with van der Waals surface area (Å²) in [5.41, 5.74) is 6.71. The van der Waals surface area contributed by atoms with Gasteiger partial charge in [0.25, 0.3) is 0 Å². The van der Waals surface area contributed by atoms with E-state index < -0.39 is 11.6 Å². The minimum Gasteiger partial charge on any atom is -0.354 e. The van der Waals surface area contributed by atoms with E-state index in [1.54, 1.807) is 18.3 Å². The highest BCUT2D eigenvalue weighted by Gasteiger charge is 2.65. The number of benzene rings is 1. The van der Waals surface area contributed by atoms with E-state index in [1.165, 1.54) is 18.5 Å². The molecule has 3 aromatic rings.